The minimum atomic E-state index is -0.496. The van der Waals surface area contributed by atoms with Crippen LogP contribution in [0.5, 0.6) is 5.75 Å². The van der Waals surface area contributed by atoms with E-state index in [1.165, 1.54) is 25.3 Å². The van der Waals surface area contributed by atoms with E-state index < -0.39 is 4.92 Å². The average molecular weight is 369 g/mol. The fourth-order valence-electron chi connectivity index (χ4n) is 3.11. The van der Waals surface area contributed by atoms with E-state index in [0.29, 0.717) is 18.2 Å². The summed E-state index contributed by atoms with van der Waals surface area (Å²) < 4.78 is 5.24. The molecule has 1 aliphatic carbocycles. The van der Waals surface area contributed by atoms with Crippen LogP contribution in [0.15, 0.2) is 48.5 Å². The fourth-order valence-corrected chi connectivity index (χ4v) is 3.11. The van der Waals surface area contributed by atoms with Gasteiger partial charge in [0.05, 0.1) is 17.7 Å². The highest BCUT2D eigenvalue weighted by Gasteiger charge is 2.34. The van der Waals surface area contributed by atoms with Crippen molar-refractivity contribution in [3.05, 3.63) is 64.2 Å². The number of urea groups is 1. The van der Waals surface area contributed by atoms with E-state index in [0.717, 1.165) is 18.4 Å². The fraction of sp³-hybridized carbons (Fsp3) is 0.350. The quantitative estimate of drug-likeness (QED) is 0.578. The van der Waals surface area contributed by atoms with Crippen molar-refractivity contribution >= 4 is 17.4 Å². The molecule has 0 saturated heterocycles. The van der Waals surface area contributed by atoms with E-state index >= 15 is 0 Å². The Morgan fingerprint density at radius 2 is 2.00 bits per heavy atom. The van der Waals surface area contributed by atoms with Crippen LogP contribution in [0.1, 0.15) is 25.3 Å². The van der Waals surface area contributed by atoms with Gasteiger partial charge in [-0.2, -0.15) is 0 Å². The monoisotopic (exact) mass is 369 g/mol. The Kier molecular flexibility index (Phi) is 5.59. The van der Waals surface area contributed by atoms with Gasteiger partial charge in [-0.1, -0.05) is 30.3 Å². The summed E-state index contributed by atoms with van der Waals surface area (Å²) in [7, 11) is 1.46. The highest BCUT2D eigenvalue weighted by molar-refractivity contribution is 5.91. The van der Waals surface area contributed by atoms with Gasteiger partial charge >= 0.3 is 6.03 Å². The highest BCUT2D eigenvalue weighted by atomic mass is 16.6. The lowest BCUT2D eigenvalue weighted by Crippen LogP contribution is -2.42. The minimum absolute atomic E-state index is 0.0786. The van der Waals surface area contributed by atoms with Crippen LogP contribution in [0.4, 0.5) is 16.2 Å². The molecule has 1 unspecified atom stereocenters. The molecule has 7 heteroatoms. The summed E-state index contributed by atoms with van der Waals surface area (Å²) in [6, 6.07) is 13.7. The van der Waals surface area contributed by atoms with Crippen molar-refractivity contribution in [2.45, 2.75) is 32.4 Å². The Labute approximate surface area is 158 Å². The molecule has 1 atom stereocenters. The SMILES string of the molecule is COc1ccc([N+](=O)[O-])cc1NC(=O)N(Cc1ccccc1)C(C)C1CC1. The zero-order valence-electron chi connectivity index (χ0n) is 15.4. The molecule has 2 amide bonds. The third kappa shape index (κ3) is 4.55. The number of non-ortho nitro benzene ring substituents is 1. The second-order valence-electron chi connectivity index (χ2n) is 6.76. The van der Waals surface area contributed by atoms with Crippen LogP contribution in [-0.2, 0) is 6.54 Å². The highest BCUT2D eigenvalue weighted by Crippen LogP contribution is 2.36. The molecule has 0 spiro atoms. The van der Waals surface area contributed by atoms with Gasteiger partial charge in [-0.05, 0) is 37.3 Å². The van der Waals surface area contributed by atoms with Crippen molar-refractivity contribution in [2.24, 2.45) is 5.92 Å². The van der Waals surface area contributed by atoms with Crippen LogP contribution in [0.25, 0.3) is 0 Å². The standard InChI is InChI=1S/C20H23N3O4/c1-14(16-8-9-16)22(13-15-6-4-3-5-7-15)20(24)21-18-12-17(23(25)26)10-11-19(18)27-2/h3-7,10-12,14,16H,8-9,13H2,1-2H3,(H,21,24). The number of nitrogens with zero attached hydrogens (tertiary/aromatic N) is 2. The van der Waals surface area contributed by atoms with Gasteiger partial charge in [0, 0.05) is 24.7 Å². The molecule has 27 heavy (non-hydrogen) atoms. The van der Waals surface area contributed by atoms with E-state index in [2.05, 4.69) is 5.32 Å². The van der Waals surface area contributed by atoms with E-state index in [1.807, 2.05) is 37.3 Å². The first-order chi connectivity index (χ1) is 13.0. The molecule has 0 aromatic heterocycles. The van der Waals surface area contributed by atoms with Crippen molar-refractivity contribution in [3.8, 4) is 5.75 Å². The number of amides is 2. The molecule has 1 aliphatic rings. The second kappa shape index (κ2) is 8.07. The lowest BCUT2D eigenvalue weighted by atomic mass is 10.1. The summed E-state index contributed by atoms with van der Waals surface area (Å²) in [5.41, 5.74) is 1.22. The number of nitro benzene ring substituents is 1. The maximum atomic E-state index is 13.0. The van der Waals surface area contributed by atoms with Crippen molar-refractivity contribution in [3.63, 3.8) is 0 Å². The Balaban J connectivity index is 1.83. The summed E-state index contributed by atoms with van der Waals surface area (Å²) >= 11 is 0. The van der Waals surface area contributed by atoms with Crippen molar-refractivity contribution in [1.29, 1.82) is 0 Å². The molecule has 2 aromatic carbocycles. The molecule has 0 heterocycles. The summed E-state index contributed by atoms with van der Waals surface area (Å²) in [5, 5.41) is 13.9. The average Bonchev–Trinajstić information content (AvgIpc) is 3.51. The number of nitro groups is 1. The maximum Gasteiger partial charge on any atom is 0.322 e. The zero-order chi connectivity index (χ0) is 19.4. The predicted octanol–water partition coefficient (Wildman–Crippen LogP) is 4.44. The number of nitrogens with one attached hydrogen (secondary N) is 1. The largest absolute Gasteiger partial charge is 0.495 e. The third-order valence-corrected chi connectivity index (χ3v) is 4.89. The first kappa shape index (κ1) is 18.7. The van der Waals surface area contributed by atoms with Gasteiger partial charge in [-0.3, -0.25) is 10.1 Å². The number of carbonyl (C=O) groups is 1. The van der Waals surface area contributed by atoms with E-state index in [-0.39, 0.29) is 23.4 Å². The number of methoxy groups -OCH3 is 1. The lowest BCUT2D eigenvalue weighted by molar-refractivity contribution is -0.384. The van der Waals surface area contributed by atoms with Gasteiger partial charge < -0.3 is 15.0 Å². The van der Waals surface area contributed by atoms with Gasteiger partial charge in [-0.15, -0.1) is 0 Å². The molecule has 142 valence electrons. The molecule has 0 radical (unpaired) electrons. The Morgan fingerprint density at radius 3 is 2.59 bits per heavy atom. The third-order valence-electron chi connectivity index (χ3n) is 4.89. The molecule has 3 rings (SSSR count). The van der Waals surface area contributed by atoms with Crippen molar-refractivity contribution in [2.75, 3.05) is 12.4 Å². The van der Waals surface area contributed by atoms with E-state index in [1.54, 1.807) is 4.90 Å². The lowest BCUT2D eigenvalue weighted by Gasteiger charge is -2.30. The molecule has 0 bridgehead atoms. The Hall–Kier alpha value is -3.09. The van der Waals surface area contributed by atoms with Crippen LogP contribution in [0, 0.1) is 16.0 Å². The molecule has 1 saturated carbocycles. The Morgan fingerprint density at radius 1 is 1.30 bits per heavy atom. The van der Waals surface area contributed by atoms with Gasteiger partial charge in [0.25, 0.3) is 5.69 Å². The first-order valence-electron chi connectivity index (χ1n) is 8.93. The van der Waals surface area contributed by atoms with Gasteiger partial charge in [0.1, 0.15) is 5.75 Å². The van der Waals surface area contributed by atoms with Crippen LogP contribution < -0.4 is 10.1 Å². The summed E-state index contributed by atoms with van der Waals surface area (Å²) in [4.78, 5) is 25.4. The van der Waals surface area contributed by atoms with Crippen LogP contribution in [-0.4, -0.2) is 29.0 Å². The predicted molar refractivity (Wildman–Crippen MR) is 103 cm³/mol. The number of rotatable bonds is 7. The molecule has 7 nitrogen and oxygen atoms in total. The Bertz CT molecular complexity index is 821. The van der Waals surface area contributed by atoms with Gasteiger partial charge in [-0.25, -0.2) is 4.79 Å². The molecule has 0 aliphatic heterocycles. The van der Waals surface area contributed by atoms with E-state index in [4.69, 9.17) is 4.74 Å². The van der Waals surface area contributed by atoms with Crippen LogP contribution in [0.2, 0.25) is 0 Å². The van der Waals surface area contributed by atoms with E-state index in [9.17, 15) is 14.9 Å². The number of hydrogen-bond donors (Lipinski definition) is 1. The number of ether oxygens (including phenoxy) is 1. The normalized spacial score (nSPS) is 14.3. The first-order valence-corrected chi connectivity index (χ1v) is 8.93. The van der Waals surface area contributed by atoms with Crippen molar-refractivity contribution < 1.29 is 14.5 Å². The van der Waals surface area contributed by atoms with Crippen molar-refractivity contribution in [1.82, 2.24) is 4.90 Å². The summed E-state index contributed by atoms with van der Waals surface area (Å²) in [6.45, 7) is 2.52. The van der Waals surface area contributed by atoms with Crippen LogP contribution in [0.3, 0.4) is 0 Å². The van der Waals surface area contributed by atoms with Crippen LogP contribution >= 0.6 is 0 Å². The second-order valence-corrected chi connectivity index (χ2v) is 6.76. The minimum Gasteiger partial charge on any atom is -0.495 e. The summed E-state index contributed by atoms with van der Waals surface area (Å²) in [6.07, 6.45) is 2.22. The number of hydrogen-bond acceptors (Lipinski definition) is 4. The molecular formula is C20H23N3O4. The number of carbonyl (C=O) groups excluding carboxylic acids is 1. The molecule has 1 N–H and O–H groups in total. The maximum absolute atomic E-state index is 13.0. The number of benzene rings is 2. The molecular weight excluding hydrogens is 346 g/mol. The molecule has 2 aromatic rings. The summed E-state index contributed by atoms with van der Waals surface area (Å²) in [5.74, 6) is 0.874. The number of anilines is 1. The topological polar surface area (TPSA) is 84.7 Å². The molecule has 1 fully saturated rings. The van der Waals surface area contributed by atoms with Gasteiger partial charge in [0.15, 0.2) is 0 Å². The zero-order valence-corrected chi connectivity index (χ0v) is 15.4. The smallest absolute Gasteiger partial charge is 0.322 e. The van der Waals surface area contributed by atoms with Gasteiger partial charge in [0.2, 0.25) is 0 Å².